The molecule has 7 heteroatoms. The molecule has 7 nitrogen and oxygen atoms in total. The van der Waals surface area contributed by atoms with Crippen molar-refractivity contribution in [1.29, 1.82) is 0 Å². The first-order valence-electron chi connectivity index (χ1n) is 8.34. The molecular weight excluding hydrogens is 348 g/mol. The lowest BCUT2D eigenvalue weighted by Gasteiger charge is -2.25. The molecule has 142 valence electrons. The van der Waals surface area contributed by atoms with Crippen molar-refractivity contribution < 1.29 is 23.9 Å². The highest BCUT2D eigenvalue weighted by molar-refractivity contribution is 6.39. The van der Waals surface area contributed by atoms with Crippen molar-refractivity contribution in [2.45, 2.75) is 19.5 Å². The highest BCUT2D eigenvalue weighted by atomic mass is 16.5. The third-order valence-electron chi connectivity index (χ3n) is 4.13. The van der Waals surface area contributed by atoms with Gasteiger partial charge in [-0.1, -0.05) is 30.3 Å². The Balaban J connectivity index is 2.10. The van der Waals surface area contributed by atoms with E-state index in [0.29, 0.717) is 23.6 Å². The van der Waals surface area contributed by atoms with Gasteiger partial charge in [-0.15, -0.1) is 0 Å². The van der Waals surface area contributed by atoms with Crippen molar-refractivity contribution in [2.75, 3.05) is 19.1 Å². The number of carbonyl (C=O) groups is 3. The van der Waals surface area contributed by atoms with E-state index in [1.165, 1.54) is 26.0 Å². The molecule has 0 aliphatic carbocycles. The number of anilines is 1. The topological polar surface area (TPSA) is 84.9 Å². The monoisotopic (exact) mass is 370 g/mol. The minimum Gasteiger partial charge on any atom is -0.496 e. The molecule has 1 unspecified atom stereocenters. The van der Waals surface area contributed by atoms with Crippen molar-refractivity contribution >= 4 is 23.8 Å². The highest BCUT2D eigenvalue weighted by Gasteiger charge is 2.28. The van der Waals surface area contributed by atoms with E-state index < -0.39 is 17.7 Å². The number of ether oxygens (including phenoxy) is 2. The molecular formula is C20H22N2O5. The van der Waals surface area contributed by atoms with Crippen LogP contribution < -0.4 is 19.7 Å². The molecule has 27 heavy (non-hydrogen) atoms. The number of amides is 2. The number of benzene rings is 2. The number of nitrogens with zero attached hydrogens (tertiary/aromatic N) is 1. The number of methoxy groups -OCH3 is 2. The number of rotatable bonds is 9. The van der Waals surface area contributed by atoms with Crippen LogP contribution in [0.2, 0.25) is 0 Å². The molecule has 0 aromatic heterocycles. The number of nitrogens with one attached hydrogen (secondary N) is 1. The summed E-state index contributed by atoms with van der Waals surface area (Å²) in [5, 5.41) is 2.57. The first-order valence-corrected chi connectivity index (χ1v) is 8.34. The number of carbonyl (C=O) groups excluding carboxylic acids is 3. The van der Waals surface area contributed by atoms with Gasteiger partial charge in [0.1, 0.15) is 17.5 Å². The van der Waals surface area contributed by atoms with Crippen molar-refractivity contribution in [3.05, 3.63) is 54.1 Å². The van der Waals surface area contributed by atoms with E-state index >= 15 is 0 Å². The van der Waals surface area contributed by atoms with E-state index in [0.717, 1.165) is 5.56 Å². The van der Waals surface area contributed by atoms with Gasteiger partial charge in [-0.05, 0) is 25.1 Å². The second kappa shape index (κ2) is 9.38. The number of ketones is 1. The van der Waals surface area contributed by atoms with Crippen molar-refractivity contribution in [1.82, 2.24) is 5.32 Å². The van der Waals surface area contributed by atoms with Crippen LogP contribution in [0.15, 0.2) is 48.5 Å². The van der Waals surface area contributed by atoms with Gasteiger partial charge in [0, 0.05) is 12.1 Å². The fourth-order valence-electron chi connectivity index (χ4n) is 2.63. The largest absolute Gasteiger partial charge is 0.496 e. The third-order valence-corrected chi connectivity index (χ3v) is 4.13. The maximum absolute atomic E-state index is 12.5. The average molecular weight is 370 g/mol. The molecule has 0 heterocycles. The maximum atomic E-state index is 12.5. The Morgan fingerprint density at radius 1 is 1.04 bits per heavy atom. The molecule has 2 rings (SSSR count). The molecule has 0 saturated carbocycles. The van der Waals surface area contributed by atoms with Crippen LogP contribution in [0.1, 0.15) is 12.5 Å². The zero-order valence-electron chi connectivity index (χ0n) is 15.5. The van der Waals surface area contributed by atoms with Crippen LogP contribution in [0.5, 0.6) is 11.5 Å². The van der Waals surface area contributed by atoms with E-state index in [-0.39, 0.29) is 6.54 Å². The van der Waals surface area contributed by atoms with E-state index in [1.54, 1.807) is 36.4 Å². The van der Waals surface area contributed by atoms with Crippen LogP contribution in [0, 0.1) is 0 Å². The number of para-hydroxylation sites is 3. The Kier molecular flexibility index (Phi) is 6.93. The smallest absolute Gasteiger partial charge is 0.289 e. The quantitative estimate of drug-likeness (QED) is 0.539. The predicted octanol–water partition coefficient (Wildman–Crippen LogP) is 1.94. The Morgan fingerprint density at radius 3 is 2.26 bits per heavy atom. The molecule has 0 aliphatic heterocycles. The van der Waals surface area contributed by atoms with Crippen LogP contribution in [-0.4, -0.2) is 38.4 Å². The fourth-order valence-corrected chi connectivity index (χ4v) is 2.63. The van der Waals surface area contributed by atoms with Gasteiger partial charge in [-0.25, -0.2) is 0 Å². The second-order valence-electron chi connectivity index (χ2n) is 5.72. The summed E-state index contributed by atoms with van der Waals surface area (Å²) in [5.74, 6) is -0.474. The molecule has 1 N–H and O–H groups in total. The molecule has 2 aromatic carbocycles. The van der Waals surface area contributed by atoms with Crippen LogP contribution in [0.25, 0.3) is 0 Å². The van der Waals surface area contributed by atoms with Crippen molar-refractivity contribution in [2.24, 2.45) is 0 Å². The van der Waals surface area contributed by atoms with Crippen molar-refractivity contribution in [3.8, 4) is 11.5 Å². The molecule has 0 aliphatic rings. The summed E-state index contributed by atoms with van der Waals surface area (Å²) in [6.45, 7) is 1.63. The lowest BCUT2D eigenvalue weighted by molar-refractivity contribution is -0.138. The molecule has 1 atom stereocenters. The molecule has 2 aromatic rings. The molecule has 0 fully saturated rings. The first-order chi connectivity index (χ1) is 13.0. The van der Waals surface area contributed by atoms with Crippen LogP contribution in [0.4, 0.5) is 5.69 Å². The third kappa shape index (κ3) is 4.63. The average Bonchev–Trinajstić information content (AvgIpc) is 2.72. The number of hydrogen-bond acceptors (Lipinski definition) is 5. The summed E-state index contributed by atoms with van der Waals surface area (Å²) in [6, 6.07) is 13.0. The van der Waals surface area contributed by atoms with Crippen molar-refractivity contribution in [3.63, 3.8) is 0 Å². The molecule has 0 radical (unpaired) electrons. The molecule has 0 saturated heterocycles. The second-order valence-corrected chi connectivity index (χ2v) is 5.72. The molecule has 2 amide bonds. The molecule has 0 spiro atoms. The normalized spacial score (nSPS) is 11.2. The first kappa shape index (κ1) is 20.0. The van der Waals surface area contributed by atoms with Gasteiger partial charge >= 0.3 is 0 Å². The minimum absolute atomic E-state index is 0.136. The number of Topliss-reactive ketones (excluding diaryl/α,β-unsaturated/α-hetero) is 1. The molecule has 0 bridgehead atoms. The van der Waals surface area contributed by atoms with E-state index in [1.807, 2.05) is 12.1 Å². The Morgan fingerprint density at radius 2 is 1.63 bits per heavy atom. The van der Waals surface area contributed by atoms with Gasteiger partial charge < -0.3 is 19.7 Å². The fraction of sp³-hybridized carbons (Fsp3) is 0.250. The summed E-state index contributed by atoms with van der Waals surface area (Å²) in [6.07, 6.45) is 0.508. The van der Waals surface area contributed by atoms with Gasteiger partial charge in [-0.3, -0.25) is 14.4 Å². The van der Waals surface area contributed by atoms with Crippen LogP contribution in [-0.2, 0) is 20.9 Å². The standard InChI is InChI=1S/C20H22N2O5/c1-14(22(13-23)16-9-5-7-11-18(16)27-3)19(24)20(25)21-12-15-8-4-6-10-17(15)26-2/h4-11,13-14H,12H2,1-3H3,(H,21,25). The maximum Gasteiger partial charge on any atom is 0.289 e. The zero-order chi connectivity index (χ0) is 19.8. The van der Waals surface area contributed by atoms with Gasteiger partial charge in [0.2, 0.25) is 12.2 Å². The van der Waals surface area contributed by atoms with Crippen LogP contribution in [0.3, 0.4) is 0 Å². The predicted molar refractivity (Wildman–Crippen MR) is 101 cm³/mol. The summed E-state index contributed by atoms with van der Waals surface area (Å²) in [4.78, 5) is 37.5. The Hall–Kier alpha value is -3.35. The van der Waals surface area contributed by atoms with Crippen LogP contribution >= 0.6 is 0 Å². The number of hydrogen-bond donors (Lipinski definition) is 1. The summed E-state index contributed by atoms with van der Waals surface area (Å²) >= 11 is 0. The summed E-state index contributed by atoms with van der Waals surface area (Å²) < 4.78 is 10.4. The SMILES string of the molecule is COc1ccccc1CNC(=O)C(=O)C(C)N(C=O)c1ccccc1OC. The van der Waals surface area contributed by atoms with Gasteiger partial charge in [0.15, 0.2) is 0 Å². The van der Waals surface area contributed by atoms with Gasteiger partial charge in [-0.2, -0.15) is 0 Å². The van der Waals surface area contributed by atoms with E-state index in [4.69, 9.17) is 9.47 Å². The summed E-state index contributed by atoms with van der Waals surface area (Å²) in [5.41, 5.74) is 1.15. The lowest BCUT2D eigenvalue weighted by Crippen LogP contribution is -2.45. The van der Waals surface area contributed by atoms with Gasteiger partial charge in [0.25, 0.3) is 5.91 Å². The Labute approximate surface area is 157 Å². The minimum atomic E-state index is -0.989. The van der Waals surface area contributed by atoms with Gasteiger partial charge in [0.05, 0.1) is 19.9 Å². The van der Waals surface area contributed by atoms with E-state index in [2.05, 4.69) is 5.32 Å². The van der Waals surface area contributed by atoms with E-state index in [9.17, 15) is 14.4 Å². The highest BCUT2D eigenvalue weighted by Crippen LogP contribution is 2.28. The zero-order valence-corrected chi connectivity index (χ0v) is 15.5. The Bertz CT molecular complexity index is 822. The summed E-state index contributed by atoms with van der Waals surface area (Å²) in [7, 11) is 3.00. The lowest BCUT2D eigenvalue weighted by atomic mass is 10.1.